The fourth-order valence-corrected chi connectivity index (χ4v) is 0.536. The van der Waals surface area contributed by atoms with Gasteiger partial charge in [0, 0.05) is 12.7 Å². The van der Waals surface area contributed by atoms with Crippen molar-refractivity contribution >= 4 is 6.03 Å². The number of carbonyl (C=O) groups excluding carboxylic acids is 1. The second kappa shape index (κ2) is 2.18. The Bertz CT molecular complexity index is 191. The molecule has 1 aliphatic rings. The lowest BCUT2D eigenvalue weighted by Crippen LogP contribution is -2.36. The van der Waals surface area contributed by atoms with Crippen molar-refractivity contribution in [3.05, 3.63) is 12.3 Å². The Morgan fingerprint density at radius 3 is 3.11 bits per heavy atom. The zero-order valence-corrected chi connectivity index (χ0v) is 4.66. The molecule has 0 saturated heterocycles. The van der Waals surface area contributed by atoms with E-state index in [1.54, 1.807) is 12.3 Å². The molecule has 1 aliphatic heterocycles. The van der Waals surface area contributed by atoms with Crippen molar-refractivity contribution in [1.82, 2.24) is 10.2 Å². The number of carbonyl (C=O) groups is 1. The van der Waals surface area contributed by atoms with Crippen molar-refractivity contribution in [3.8, 4) is 6.19 Å². The molecular weight excluding hydrogens is 118 g/mol. The first-order chi connectivity index (χ1) is 4.34. The third-order valence-corrected chi connectivity index (χ3v) is 0.952. The Labute approximate surface area is 52.4 Å². The van der Waals surface area contributed by atoms with Crippen molar-refractivity contribution < 1.29 is 4.79 Å². The standard InChI is InChI=1S/C5H5N3O/c6-4-8-3-1-2-7-5(8)9/h1,3H,2H2,(H,7,9). The van der Waals surface area contributed by atoms with Gasteiger partial charge < -0.3 is 5.32 Å². The highest BCUT2D eigenvalue weighted by molar-refractivity contribution is 5.77. The summed E-state index contributed by atoms with van der Waals surface area (Å²) in [7, 11) is 0. The van der Waals surface area contributed by atoms with Crippen LogP contribution in [-0.4, -0.2) is 17.5 Å². The fourth-order valence-electron chi connectivity index (χ4n) is 0.536. The maximum Gasteiger partial charge on any atom is 0.335 e. The minimum atomic E-state index is -0.361. The second-order valence-electron chi connectivity index (χ2n) is 1.54. The van der Waals surface area contributed by atoms with Crippen LogP contribution in [0.25, 0.3) is 0 Å². The first kappa shape index (κ1) is 5.63. The summed E-state index contributed by atoms with van der Waals surface area (Å²) < 4.78 is 0. The summed E-state index contributed by atoms with van der Waals surface area (Å²) in [6, 6.07) is -0.361. The molecule has 0 aromatic rings. The van der Waals surface area contributed by atoms with Gasteiger partial charge in [0.2, 0.25) is 0 Å². The minimum absolute atomic E-state index is 0.361. The van der Waals surface area contributed by atoms with Gasteiger partial charge in [0.1, 0.15) is 0 Å². The first-order valence-corrected chi connectivity index (χ1v) is 2.48. The van der Waals surface area contributed by atoms with Crippen LogP contribution in [0.1, 0.15) is 0 Å². The van der Waals surface area contributed by atoms with Crippen LogP contribution in [0, 0.1) is 11.5 Å². The Morgan fingerprint density at radius 2 is 2.67 bits per heavy atom. The predicted molar refractivity (Wildman–Crippen MR) is 30.0 cm³/mol. The van der Waals surface area contributed by atoms with E-state index in [1.807, 2.05) is 0 Å². The summed E-state index contributed by atoms with van der Waals surface area (Å²) in [6.07, 6.45) is 4.83. The summed E-state index contributed by atoms with van der Waals surface area (Å²) in [5.74, 6) is 0. The summed E-state index contributed by atoms with van der Waals surface area (Å²) in [6.45, 7) is 0.511. The molecule has 0 aliphatic carbocycles. The van der Waals surface area contributed by atoms with E-state index >= 15 is 0 Å². The third-order valence-electron chi connectivity index (χ3n) is 0.952. The molecule has 1 heterocycles. The zero-order chi connectivity index (χ0) is 6.69. The van der Waals surface area contributed by atoms with E-state index in [1.165, 1.54) is 6.20 Å². The van der Waals surface area contributed by atoms with Gasteiger partial charge in [-0.3, -0.25) is 0 Å². The van der Waals surface area contributed by atoms with Crippen LogP contribution in [0.2, 0.25) is 0 Å². The third kappa shape index (κ3) is 0.995. The van der Waals surface area contributed by atoms with E-state index in [0.717, 1.165) is 4.90 Å². The normalized spacial score (nSPS) is 16.8. The van der Waals surface area contributed by atoms with Gasteiger partial charge in [-0.2, -0.15) is 5.26 Å². The van der Waals surface area contributed by atoms with Crippen LogP contribution in [-0.2, 0) is 0 Å². The van der Waals surface area contributed by atoms with Crippen molar-refractivity contribution in [2.24, 2.45) is 0 Å². The highest BCUT2D eigenvalue weighted by Crippen LogP contribution is 1.92. The molecule has 1 N–H and O–H groups in total. The number of nitrogens with zero attached hydrogens (tertiary/aromatic N) is 2. The topological polar surface area (TPSA) is 56.1 Å². The van der Waals surface area contributed by atoms with Gasteiger partial charge in [-0.05, 0) is 6.08 Å². The molecule has 1 rings (SSSR count). The lowest BCUT2D eigenvalue weighted by molar-refractivity contribution is 0.227. The molecule has 9 heavy (non-hydrogen) atoms. The average molecular weight is 123 g/mol. The summed E-state index contributed by atoms with van der Waals surface area (Å²) in [5, 5.41) is 10.7. The molecule has 0 spiro atoms. The highest BCUT2D eigenvalue weighted by atomic mass is 16.2. The van der Waals surface area contributed by atoms with Gasteiger partial charge in [0.25, 0.3) is 0 Å². The molecule has 2 amide bonds. The Morgan fingerprint density at radius 1 is 1.89 bits per heavy atom. The van der Waals surface area contributed by atoms with Crippen molar-refractivity contribution in [3.63, 3.8) is 0 Å². The first-order valence-electron chi connectivity index (χ1n) is 2.48. The molecule has 46 valence electrons. The largest absolute Gasteiger partial charge is 0.335 e. The number of urea groups is 1. The highest BCUT2D eigenvalue weighted by Gasteiger charge is 2.10. The molecule has 0 fully saturated rings. The van der Waals surface area contributed by atoms with E-state index in [9.17, 15) is 4.79 Å². The van der Waals surface area contributed by atoms with Crippen LogP contribution in [0.15, 0.2) is 12.3 Å². The molecule has 0 atom stereocenters. The second-order valence-corrected chi connectivity index (χ2v) is 1.54. The van der Waals surface area contributed by atoms with Gasteiger partial charge in [0.15, 0.2) is 6.19 Å². The van der Waals surface area contributed by atoms with Gasteiger partial charge >= 0.3 is 6.03 Å². The average Bonchev–Trinajstić information content (AvgIpc) is 1.89. The van der Waals surface area contributed by atoms with E-state index in [-0.39, 0.29) is 6.03 Å². The lowest BCUT2D eigenvalue weighted by atomic mass is 10.5. The number of amides is 2. The van der Waals surface area contributed by atoms with E-state index in [0.29, 0.717) is 6.54 Å². The molecular formula is C5H5N3O. The molecule has 4 heteroatoms. The van der Waals surface area contributed by atoms with Gasteiger partial charge in [-0.15, -0.1) is 0 Å². The maximum atomic E-state index is 10.6. The molecule has 0 bridgehead atoms. The molecule has 0 unspecified atom stereocenters. The monoisotopic (exact) mass is 123 g/mol. The lowest BCUT2D eigenvalue weighted by Gasteiger charge is -2.12. The summed E-state index contributed by atoms with van der Waals surface area (Å²) in [4.78, 5) is 11.5. The number of hydrogen-bond donors (Lipinski definition) is 1. The molecule has 0 aromatic heterocycles. The number of rotatable bonds is 0. The van der Waals surface area contributed by atoms with Crippen LogP contribution < -0.4 is 5.32 Å². The van der Waals surface area contributed by atoms with Crippen LogP contribution in [0.5, 0.6) is 0 Å². The van der Waals surface area contributed by atoms with Crippen LogP contribution in [0.4, 0.5) is 4.79 Å². The fraction of sp³-hybridized carbons (Fsp3) is 0.200. The quantitative estimate of drug-likeness (QED) is 0.461. The van der Waals surface area contributed by atoms with Gasteiger partial charge in [0.05, 0.1) is 0 Å². The van der Waals surface area contributed by atoms with Crippen LogP contribution >= 0.6 is 0 Å². The molecule has 4 nitrogen and oxygen atoms in total. The van der Waals surface area contributed by atoms with Gasteiger partial charge in [-0.1, -0.05) is 0 Å². The van der Waals surface area contributed by atoms with E-state index in [2.05, 4.69) is 5.32 Å². The van der Waals surface area contributed by atoms with Crippen molar-refractivity contribution in [2.45, 2.75) is 0 Å². The number of nitrogens with one attached hydrogen (secondary N) is 1. The minimum Gasteiger partial charge on any atom is -0.333 e. The maximum absolute atomic E-state index is 10.6. The Hall–Kier alpha value is -1.50. The molecule has 0 radical (unpaired) electrons. The Kier molecular flexibility index (Phi) is 1.36. The van der Waals surface area contributed by atoms with E-state index in [4.69, 9.17) is 5.26 Å². The van der Waals surface area contributed by atoms with E-state index < -0.39 is 0 Å². The Balaban J connectivity index is 2.71. The van der Waals surface area contributed by atoms with Crippen LogP contribution in [0.3, 0.4) is 0 Å². The summed E-state index contributed by atoms with van der Waals surface area (Å²) >= 11 is 0. The number of nitriles is 1. The predicted octanol–water partition coefficient (Wildman–Crippen LogP) is 0.00638. The van der Waals surface area contributed by atoms with Crippen molar-refractivity contribution in [2.75, 3.05) is 6.54 Å². The number of hydrogen-bond acceptors (Lipinski definition) is 2. The smallest absolute Gasteiger partial charge is 0.333 e. The van der Waals surface area contributed by atoms with Crippen molar-refractivity contribution in [1.29, 1.82) is 5.26 Å². The summed E-state index contributed by atoms with van der Waals surface area (Å²) in [5.41, 5.74) is 0. The zero-order valence-electron chi connectivity index (χ0n) is 4.66. The molecule has 0 saturated carbocycles. The molecule has 0 aromatic carbocycles. The SMILES string of the molecule is N#CN1C=CCNC1=O. The van der Waals surface area contributed by atoms with Gasteiger partial charge in [-0.25, -0.2) is 9.69 Å².